The van der Waals surface area contributed by atoms with Gasteiger partial charge in [-0.05, 0) is 32.8 Å². The van der Waals surface area contributed by atoms with Crippen LogP contribution in [0.4, 0.5) is 5.82 Å². The molecule has 0 fully saturated rings. The van der Waals surface area contributed by atoms with Gasteiger partial charge < -0.3 is 5.32 Å². The van der Waals surface area contributed by atoms with Crippen LogP contribution in [0.3, 0.4) is 0 Å². The van der Waals surface area contributed by atoms with Gasteiger partial charge in [-0.15, -0.1) is 0 Å². The van der Waals surface area contributed by atoms with Crippen molar-refractivity contribution in [2.45, 2.75) is 34.1 Å². The molecule has 2 heterocycles. The Hall–Kier alpha value is -1.91. The van der Waals surface area contributed by atoms with Crippen molar-refractivity contribution in [3.05, 3.63) is 29.3 Å². The molecule has 0 bridgehead atoms. The molecule has 0 aromatic carbocycles. The molecule has 0 unspecified atom stereocenters. The topological polar surface area (TPSA) is 55.6 Å². The van der Waals surface area contributed by atoms with Gasteiger partial charge in [0.15, 0.2) is 5.82 Å². The molecule has 0 saturated heterocycles. The second-order valence-corrected chi connectivity index (χ2v) is 4.40. The number of nitrogens with one attached hydrogen (secondary N) is 1. The highest BCUT2D eigenvalue weighted by molar-refractivity contribution is 5.37. The number of aromatic nitrogens is 4. The Kier molecular flexibility index (Phi) is 3.60. The van der Waals surface area contributed by atoms with Crippen molar-refractivity contribution in [2.24, 2.45) is 0 Å². The van der Waals surface area contributed by atoms with Gasteiger partial charge >= 0.3 is 0 Å². The standard InChI is InChI=1S/C13H19N5/c1-5-6-15-12-7-14-8-13(16-12)18-11(4)9(2)10(3)17-18/h7-8H,5-6H2,1-4H3,(H,15,16). The molecule has 5 heteroatoms. The summed E-state index contributed by atoms with van der Waals surface area (Å²) in [5, 5.41) is 7.72. The van der Waals surface area contributed by atoms with Gasteiger partial charge in [0.25, 0.3) is 0 Å². The molecule has 18 heavy (non-hydrogen) atoms. The molecule has 0 aliphatic heterocycles. The molecule has 5 nitrogen and oxygen atoms in total. The van der Waals surface area contributed by atoms with Crippen LogP contribution in [-0.4, -0.2) is 26.3 Å². The van der Waals surface area contributed by atoms with E-state index in [0.717, 1.165) is 36.0 Å². The predicted molar refractivity (Wildman–Crippen MR) is 72.1 cm³/mol. The molecule has 0 spiro atoms. The van der Waals surface area contributed by atoms with Crippen molar-refractivity contribution in [3.8, 4) is 5.82 Å². The highest BCUT2D eigenvalue weighted by Crippen LogP contribution is 2.15. The lowest BCUT2D eigenvalue weighted by molar-refractivity contribution is 0.798. The average Bonchev–Trinajstić information content (AvgIpc) is 2.64. The van der Waals surface area contributed by atoms with Crippen molar-refractivity contribution in [3.63, 3.8) is 0 Å². The van der Waals surface area contributed by atoms with Crippen LogP contribution >= 0.6 is 0 Å². The van der Waals surface area contributed by atoms with E-state index in [9.17, 15) is 0 Å². The molecule has 1 N–H and O–H groups in total. The molecule has 0 atom stereocenters. The molecule has 0 saturated carbocycles. The van der Waals surface area contributed by atoms with Gasteiger partial charge in [-0.25, -0.2) is 9.67 Å². The Morgan fingerprint density at radius 3 is 2.61 bits per heavy atom. The lowest BCUT2D eigenvalue weighted by Crippen LogP contribution is -2.07. The Bertz CT molecular complexity index is 544. The summed E-state index contributed by atoms with van der Waals surface area (Å²) >= 11 is 0. The summed E-state index contributed by atoms with van der Waals surface area (Å²) in [6, 6.07) is 0. The SMILES string of the molecule is CCCNc1cncc(-n2nc(C)c(C)c2C)n1. The molecule has 2 aromatic heterocycles. The zero-order chi connectivity index (χ0) is 13.1. The normalized spacial score (nSPS) is 10.7. The largest absolute Gasteiger partial charge is 0.369 e. The second kappa shape index (κ2) is 5.16. The van der Waals surface area contributed by atoms with E-state index in [1.165, 1.54) is 5.56 Å². The molecular weight excluding hydrogens is 226 g/mol. The quantitative estimate of drug-likeness (QED) is 0.898. The first-order valence-electron chi connectivity index (χ1n) is 6.22. The molecule has 0 aliphatic carbocycles. The molecule has 0 amide bonds. The maximum Gasteiger partial charge on any atom is 0.174 e. The summed E-state index contributed by atoms with van der Waals surface area (Å²) in [5.41, 5.74) is 3.33. The fourth-order valence-corrected chi connectivity index (χ4v) is 1.74. The van der Waals surface area contributed by atoms with Crippen LogP contribution in [-0.2, 0) is 0 Å². The average molecular weight is 245 g/mol. The number of nitrogens with zero attached hydrogens (tertiary/aromatic N) is 4. The lowest BCUT2D eigenvalue weighted by Gasteiger charge is -2.07. The van der Waals surface area contributed by atoms with E-state index in [-0.39, 0.29) is 0 Å². The minimum absolute atomic E-state index is 0.754. The van der Waals surface area contributed by atoms with E-state index in [1.54, 1.807) is 12.4 Å². The van der Waals surface area contributed by atoms with Crippen LogP contribution in [0.5, 0.6) is 0 Å². The Morgan fingerprint density at radius 2 is 2.00 bits per heavy atom. The highest BCUT2D eigenvalue weighted by Gasteiger charge is 2.10. The van der Waals surface area contributed by atoms with Gasteiger partial charge in [0.1, 0.15) is 5.82 Å². The first kappa shape index (κ1) is 12.5. The third-order valence-corrected chi connectivity index (χ3v) is 3.05. The number of aryl methyl sites for hydroxylation is 1. The summed E-state index contributed by atoms with van der Waals surface area (Å²) in [7, 11) is 0. The van der Waals surface area contributed by atoms with Crippen LogP contribution in [0.1, 0.15) is 30.3 Å². The Balaban J connectivity index is 2.35. The smallest absolute Gasteiger partial charge is 0.174 e. The van der Waals surface area contributed by atoms with E-state index in [0.29, 0.717) is 0 Å². The minimum atomic E-state index is 0.754. The van der Waals surface area contributed by atoms with E-state index in [4.69, 9.17) is 0 Å². The maximum absolute atomic E-state index is 4.52. The van der Waals surface area contributed by atoms with Crippen molar-refractivity contribution in [1.29, 1.82) is 0 Å². The van der Waals surface area contributed by atoms with Crippen LogP contribution in [0.2, 0.25) is 0 Å². The number of anilines is 1. The molecule has 2 rings (SSSR count). The van der Waals surface area contributed by atoms with Crippen LogP contribution in [0, 0.1) is 20.8 Å². The van der Waals surface area contributed by atoms with E-state index in [1.807, 2.05) is 18.5 Å². The molecule has 0 aliphatic rings. The van der Waals surface area contributed by atoms with Gasteiger partial charge in [-0.1, -0.05) is 6.92 Å². The van der Waals surface area contributed by atoms with Gasteiger partial charge in [0.05, 0.1) is 18.1 Å². The zero-order valence-electron chi connectivity index (χ0n) is 11.4. The Labute approximate surface area is 107 Å². The van der Waals surface area contributed by atoms with Gasteiger partial charge in [0, 0.05) is 12.2 Å². The Morgan fingerprint density at radius 1 is 1.22 bits per heavy atom. The first-order chi connectivity index (χ1) is 8.63. The number of hydrogen-bond donors (Lipinski definition) is 1. The summed E-state index contributed by atoms with van der Waals surface area (Å²) < 4.78 is 1.84. The summed E-state index contributed by atoms with van der Waals surface area (Å²) in [6.45, 7) is 9.14. The summed E-state index contributed by atoms with van der Waals surface area (Å²) in [5.74, 6) is 1.55. The molecule has 0 radical (unpaired) electrons. The first-order valence-corrected chi connectivity index (χ1v) is 6.22. The fourth-order valence-electron chi connectivity index (χ4n) is 1.74. The second-order valence-electron chi connectivity index (χ2n) is 4.40. The van der Waals surface area contributed by atoms with Gasteiger partial charge in [0.2, 0.25) is 0 Å². The van der Waals surface area contributed by atoms with Crippen molar-refractivity contribution < 1.29 is 0 Å². The van der Waals surface area contributed by atoms with E-state index >= 15 is 0 Å². The summed E-state index contributed by atoms with van der Waals surface area (Å²) in [4.78, 5) is 8.73. The zero-order valence-corrected chi connectivity index (χ0v) is 11.4. The van der Waals surface area contributed by atoms with Gasteiger partial charge in [-0.2, -0.15) is 5.10 Å². The fraction of sp³-hybridized carbons (Fsp3) is 0.462. The monoisotopic (exact) mass is 245 g/mol. The highest BCUT2D eigenvalue weighted by atomic mass is 15.3. The van der Waals surface area contributed by atoms with Crippen LogP contribution in [0.15, 0.2) is 12.4 Å². The third kappa shape index (κ3) is 2.34. The minimum Gasteiger partial charge on any atom is -0.369 e. The third-order valence-electron chi connectivity index (χ3n) is 3.05. The van der Waals surface area contributed by atoms with Crippen LogP contribution in [0.25, 0.3) is 5.82 Å². The molecule has 2 aromatic rings. The van der Waals surface area contributed by atoms with E-state index < -0.39 is 0 Å². The molecular formula is C13H19N5. The lowest BCUT2D eigenvalue weighted by atomic mass is 10.2. The van der Waals surface area contributed by atoms with Crippen molar-refractivity contribution in [1.82, 2.24) is 19.7 Å². The van der Waals surface area contributed by atoms with Crippen molar-refractivity contribution >= 4 is 5.82 Å². The predicted octanol–water partition coefficient (Wildman–Crippen LogP) is 2.41. The number of hydrogen-bond acceptors (Lipinski definition) is 4. The van der Waals surface area contributed by atoms with Crippen LogP contribution < -0.4 is 5.32 Å². The van der Waals surface area contributed by atoms with Crippen molar-refractivity contribution in [2.75, 3.05) is 11.9 Å². The number of rotatable bonds is 4. The van der Waals surface area contributed by atoms with Gasteiger partial charge in [-0.3, -0.25) is 4.98 Å². The van der Waals surface area contributed by atoms with E-state index in [2.05, 4.69) is 34.2 Å². The maximum atomic E-state index is 4.52. The summed E-state index contributed by atoms with van der Waals surface area (Å²) in [6.07, 6.45) is 4.53. The molecule has 96 valence electrons.